The lowest BCUT2D eigenvalue weighted by molar-refractivity contribution is 0.356. The number of imidazole rings is 1. The molecule has 1 saturated heterocycles. The number of piperidine rings is 1. The highest BCUT2D eigenvalue weighted by Crippen LogP contribution is 2.32. The van der Waals surface area contributed by atoms with Gasteiger partial charge in [0.05, 0.1) is 25.3 Å². The number of rotatable bonds is 3. The number of hydrogen-bond donors (Lipinski definition) is 1. The summed E-state index contributed by atoms with van der Waals surface area (Å²) in [6, 6.07) is 3.85. The summed E-state index contributed by atoms with van der Waals surface area (Å²) < 4.78 is 10.6. The molecule has 0 unspecified atom stereocenters. The number of anilines is 1. The average molecular weight is 261 g/mol. The van der Waals surface area contributed by atoms with Crippen LogP contribution in [0.2, 0.25) is 0 Å². The fourth-order valence-corrected chi connectivity index (χ4v) is 2.58. The molecule has 2 heterocycles. The number of H-pyrrole nitrogens is 1. The second kappa shape index (κ2) is 4.99. The van der Waals surface area contributed by atoms with Crippen LogP contribution in [0.15, 0.2) is 12.1 Å². The Labute approximate surface area is 112 Å². The summed E-state index contributed by atoms with van der Waals surface area (Å²) in [5.74, 6) is 2.39. The van der Waals surface area contributed by atoms with Gasteiger partial charge in [0, 0.05) is 25.2 Å². The van der Waals surface area contributed by atoms with Gasteiger partial charge in [-0.3, -0.25) is 0 Å². The lowest BCUT2D eigenvalue weighted by atomic mass is 10.1. The highest BCUT2D eigenvalue weighted by Gasteiger charge is 2.16. The van der Waals surface area contributed by atoms with Crippen molar-refractivity contribution >= 4 is 17.0 Å². The maximum absolute atomic E-state index is 5.31. The number of nitrogens with one attached hydrogen (secondary N) is 1. The summed E-state index contributed by atoms with van der Waals surface area (Å²) in [5, 5.41) is 0. The fourth-order valence-electron chi connectivity index (χ4n) is 2.58. The molecule has 0 atom stereocenters. The summed E-state index contributed by atoms with van der Waals surface area (Å²) in [6.07, 6.45) is 3.80. The van der Waals surface area contributed by atoms with Crippen LogP contribution in [0.5, 0.6) is 11.5 Å². The van der Waals surface area contributed by atoms with Crippen molar-refractivity contribution in [1.29, 1.82) is 0 Å². The van der Waals surface area contributed by atoms with Gasteiger partial charge >= 0.3 is 0 Å². The van der Waals surface area contributed by atoms with Crippen LogP contribution in [0.4, 0.5) is 5.95 Å². The number of hydrogen-bond acceptors (Lipinski definition) is 4. The van der Waals surface area contributed by atoms with Crippen LogP contribution in [0.1, 0.15) is 19.3 Å². The lowest BCUT2D eigenvalue weighted by Crippen LogP contribution is -2.30. The zero-order chi connectivity index (χ0) is 13.2. The molecule has 0 amide bonds. The quantitative estimate of drug-likeness (QED) is 0.922. The van der Waals surface area contributed by atoms with Crippen molar-refractivity contribution < 1.29 is 9.47 Å². The molecule has 102 valence electrons. The van der Waals surface area contributed by atoms with Crippen molar-refractivity contribution in [1.82, 2.24) is 9.97 Å². The van der Waals surface area contributed by atoms with Crippen molar-refractivity contribution in [2.45, 2.75) is 19.3 Å². The summed E-state index contributed by atoms with van der Waals surface area (Å²) in [4.78, 5) is 10.3. The Balaban J connectivity index is 1.99. The van der Waals surface area contributed by atoms with E-state index in [2.05, 4.69) is 14.9 Å². The third kappa shape index (κ3) is 2.20. The maximum atomic E-state index is 5.31. The van der Waals surface area contributed by atoms with Crippen molar-refractivity contribution in [2.24, 2.45) is 0 Å². The normalized spacial score (nSPS) is 15.8. The Hall–Kier alpha value is -1.91. The van der Waals surface area contributed by atoms with Crippen LogP contribution in [-0.2, 0) is 0 Å². The molecule has 0 saturated carbocycles. The van der Waals surface area contributed by atoms with E-state index in [-0.39, 0.29) is 0 Å². The SMILES string of the molecule is COc1cc2nc(N3CCCCC3)[nH]c2cc1OC. The van der Waals surface area contributed by atoms with Crippen molar-refractivity contribution in [3.8, 4) is 11.5 Å². The molecule has 0 aliphatic carbocycles. The van der Waals surface area contributed by atoms with Gasteiger partial charge in [-0.05, 0) is 19.3 Å². The topological polar surface area (TPSA) is 50.4 Å². The van der Waals surface area contributed by atoms with E-state index in [1.54, 1.807) is 14.2 Å². The molecule has 1 N–H and O–H groups in total. The number of benzene rings is 1. The number of nitrogens with zero attached hydrogens (tertiary/aromatic N) is 2. The number of fused-ring (bicyclic) bond motifs is 1. The molecule has 0 spiro atoms. The van der Waals surface area contributed by atoms with Crippen LogP contribution in [-0.4, -0.2) is 37.3 Å². The number of ether oxygens (including phenoxy) is 2. The average Bonchev–Trinajstić information content (AvgIpc) is 2.89. The van der Waals surface area contributed by atoms with E-state index in [0.717, 1.165) is 35.8 Å². The van der Waals surface area contributed by atoms with Gasteiger partial charge in [-0.25, -0.2) is 4.98 Å². The molecule has 5 heteroatoms. The molecule has 1 fully saturated rings. The molecule has 1 aliphatic rings. The molecule has 1 aliphatic heterocycles. The summed E-state index contributed by atoms with van der Waals surface area (Å²) in [7, 11) is 3.29. The molecule has 1 aromatic heterocycles. The Morgan fingerprint density at radius 2 is 1.74 bits per heavy atom. The fraction of sp³-hybridized carbons (Fsp3) is 0.500. The molecule has 1 aromatic carbocycles. The zero-order valence-corrected chi connectivity index (χ0v) is 11.4. The predicted octanol–water partition coefficient (Wildman–Crippen LogP) is 2.57. The zero-order valence-electron chi connectivity index (χ0n) is 11.4. The first-order valence-corrected chi connectivity index (χ1v) is 6.68. The van der Waals surface area contributed by atoms with E-state index in [0.29, 0.717) is 5.75 Å². The van der Waals surface area contributed by atoms with Crippen LogP contribution >= 0.6 is 0 Å². The second-order valence-electron chi connectivity index (χ2n) is 4.83. The molecule has 2 aromatic rings. The standard InChI is InChI=1S/C14H19N3O2/c1-18-12-8-10-11(9-13(12)19-2)16-14(15-10)17-6-4-3-5-7-17/h8-9H,3-7H2,1-2H3,(H,15,16). The number of aromatic amines is 1. The van der Waals surface area contributed by atoms with E-state index in [1.165, 1.54) is 19.3 Å². The largest absolute Gasteiger partial charge is 0.493 e. The summed E-state index contributed by atoms with van der Waals surface area (Å²) in [6.45, 7) is 2.15. The van der Waals surface area contributed by atoms with Crippen LogP contribution in [0.3, 0.4) is 0 Å². The van der Waals surface area contributed by atoms with E-state index in [9.17, 15) is 0 Å². The van der Waals surface area contributed by atoms with Gasteiger partial charge in [-0.15, -0.1) is 0 Å². The maximum Gasteiger partial charge on any atom is 0.203 e. The predicted molar refractivity (Wildman–Crippen MR) is 75.3 cm³/mol. The van der Waals surface area contributed by atoms with Gasteiger partial charge in [0.25, 0.3) is 0 Å². The Morgan fingerprint density at radius 1 is 1.05 bits per heavy atom. The molecular formula is C14H19N3O2. The molecule has 19 heavy (non-hydrogen) atoms. The first-order valence-electron chi connectivity index (χ1n) is 6.68. The Kier molecular flexibility index (Phi) is 3.19. The summed E-state index contributed by atoms with van der Waals surface area (Å²) in [5.41, 5.74) is 1.90. The molecule has 0 radical (unpaired) electrons. The second-order valence-corrected chi connectivity index (χ2v) is 4.83. The van der Waals surface area contributed by atoms with Gasteiger partial charge in [-0.2, -0.15) is 0 Å². The first kappa shape index (κ1) is 12.1. The number of aromatic nitrogens is 2. The van der Waals surface area contributed by atoms with Crippen LogP contribution in [0.25, 0.3) is 11.0 Å². The third-order valence-electron chi connectivity index (χ3n) is 3.63. The summed E-state index contributed by atoms with van der Waals surface area (Å²) >= 11 is 0. The lowest BCUT2D eigenvalue weighted by Gasteiger charge is -2.25. The first-order chi connectivity index (χ1) is 9.31. The van der Waals surface area contributed by atoms with Crippen molar-refractivity contribution in [2.75, 3.05) is 32.2 Å². The molecule has 3 rings (SSSR count). The molecular weight excluding hydrogens is 242 g/mol. The van der Waals surface area contributed by atoms with Crippen molar-refractivity contribution in [3.63, 3.8) is 0 Å². The van der Waals surface area contributed by atoms with Crippen LogP contribution < -0.4 is 14.4 Å². The van der Waals surface area contributed by atoms with Gasteiger partial charge in [0.15, 0.2) is 11.5 Å². The Bertz CT molecular complexity index is 532. The van der Waals surface area contributed by atoms with Gasteiger partial charge in [0.1, 0.15) is 0 Å². The highest BCUT2D eigenvalue weighted by molar-refractivity contribution is 5.81. The van der Waals surface area contributed by atoms with Crippen molar-refractivity contribution in [3.05, 3.63) is 12.1 Å². The minimum absolute atomic E-state index is 0.715. The number of methoxy groups -OCH3 is 2. The monoisotopic (exact) mass is 261 g/mol. The van der Waals surface area contributed by atoms with E-state index >= 15 is 0 Å². The minimum Gasteiger partial charge on any atom is -0.493 e. The van der Waals surface area contributed by atoms with E-state index in [1.807, 2.05) is 12.1 Å². The van der Waals surface area contributed by atoms with Gasteiger partial charge in [0.2, 0.25) is 5.95 Å². The highest BCUT2D eigenvalue weighted by atomic mass is 16.5. The van der Waals surface area contributed by atoms with Crippen LogP contribution in [0, 0.1) is 0 Å². The van der Waals surface area contributed by atoms with Gasteiger partial charge in [-0.1, -0.05) is 0 Å². The minimum atomic E-state index is 0.715. The smallest absolute Gasteiger partial charge is 0.203 e. The third-order valence-corrected chi connectivity index (χ3v) is 3.63. The Morgan fingerprint density at radius 3 is 2.42 bits per heavy atom. The van der Waals surface area contributed by atoms with Gasteiger partial charge < -0.3 is 19.4 Å². The molecule has 0 bridgehead atoms. The molecule has 5 nitrogen and oxygen atoms in total. The van der Waals surface area contributed by atoms with E-state index < -0.39 is 0 Å². The van der Waals surface area contributed by atoms with E-state index in [4.69, 9.17) is 9.47 Å².